The van der Waals surface area contributed by atoms with Crippen LogP contribution in [0.4, 0.5) is 0 Å². The lowest BCUT2D eigenvalue weighted by Gasteiger charge is -2.12. The van der Waals surface area contributed by atoms with Crippen molar-refractivity contribution in [2.75, 3.05) is 13.1 Å². The molecule has 2 aliphatic heterocycles. The van der Waals surface area contributed by atoms with Gasteiger partial charge in [0.2, 0.25) is 0 Å². The molecular weight excluding hydrogens is 316 g/mol. The molecular formula is C15H20N4OS2. The van der Waals surface area contributed by atoms with Gasteiger partial charge in [-0.15, -0.1) is 11.3 Å². The van der Waals surface area contributed by atoms with Crippen LogP contribution in [0.3, 0.4) is 0 Å². The lowest BCUT2D eigenvalue weighted by atomic mass is 10.3. The quantitative estimate of drug-likeness (QED) is 0.898. The molecule has 0 aliphatic carbocycles. The van der Waals surface area contributed by atoms with Crippen molar-refractivity contribution in [2.24, 2.45) is 4.99 Å². The number of carbonyl (C=O) groups is 1. The summed E-state index contributed by atoms with van der Waals surface area (Å²) < 4.78 is 0. The number of aliphatic imine (C=N–C) groups is 1. The minimum atomic E-state index is -0.00978. The Hall–Kier alpha value is -1.34. The van der Waals surface area contributed by atoms with E-state index >= 15 is 0 Å². The molecule has 0 fully saturated rings. The van der Waals surface area contributed by atoms with Gasteiger partial charge in [-0.1, -0.05) is 6.92 Å². The van der Waals surface area contributed by atoms with Crippen molar-refractivity contribution < 1.29 is 4.79 Å². The van der Waals surface area contributed by atoms with Crippen LogP contribution in [0.1, 0.15) is 35.8 Å². The predicted molar refractivity (Wildman–Crippen MR) is 92.0 cm³/mol. The molecule has 0 aromatic carbocycles. The normalized spacial score (nSPS) is 17.0. The summed E-state index contributed by atoms with van der Waals surface area (Å²) in [6, 6.07) is 0. The average molecular weight is 336 g/mol. The number of carbonyl (C=O) groups excluding carboxylic acids is 1. The summed E-state index contributed by atoms with van der Waals surface area (Å²) in [6.45, 7) is 8.42. The van der Waals surface area contributed by atoms with E-state index in [2.05, 4.69) is 27.1 Å². The van der Waals surface area contributed by atoms with Gasteiger partial charge >= 0.3 is 0 Å². The summed E-state index contributed by atoms with van der Waals surface area (Å²) in [4.78, 5) is 25.4. The molecule has 0 bridgehead atoms. The molecule has 1 aromatic heterocycles. The molecule has 3 heterocycles. The summed E-state index contributed by atoms with van der Waals surface area (Å²) in [7, 11) is 0. The van der Waals surface area contributed by atoms with Gasteiger partial charge < -0.3 is 10.2 Å². The van der Waals surface area contributed by atoms with E-state index < -0.39 is 0 Å². The third kappa shape index (κ3) is 2.92. The van der Waals surface area contributed by atoms with Gasteiger partial charge in [-0.2, -0.15) is 0 Å². The third-order valence-corrected chi connectivity index (χ3v) is 6.18. The summed E-state index contributed by atoms with van der Waals surface area (Å²) in [5.41, 5.74) is 2.05. The van der Waals surface area contributed by atoms with Crippen molar-refractivity contribution >= 4 is 34.2 Å². The highest BCUT2D eigenvalue weighted by Crippen LogP contribution is 2.36. The first kappa shape index (κ1) is 15.6. The fourth-order valence-corrected chi connectivity index (χ4v) is 4.75. The van der Waals surface area contributed by atoms with Gasteiger partial charge in [0.05, 0.1) is 28.7 Å². The second-order valence-electron chi connectivity index (χ2n) is 5.38. The molecule has 1 aromatic rings. The molecule has 1 N–H and O–H groups in total. The Balaban J connectivity index is 1.63. The second kappa shape index (κ2) is 6.42. The summed E-state index contributed by atoms with van der Waals surface area (Å²) >= 11 is 3.18. The zero-order valence-corrected chi connectivity index (χ0v) is 14.7. The first-order chi connectivity index (χ1) is 10.6. The number of nitrogens with zero attached hydrogens (tertiary/aromatic N) is 3. The van der Waals surface area contributed by atoms with E-state index in [1.165, 1.54) is 11.8 Å². The van der Waals surface area contributed by atoms with Gasteiger partial charge in [0.1, 0.15) is 0 Å². The zero-order valence-electron chi connectivity index (χ0n) is 13.1. The second-order valence-corrected chi connectivity index (χ2v) is 7.53. The number of allylic oxidation sites excluding steroid dienone is 1. The van der Waals surface area contributed by atoms with E-state index in [4.69, 9.17) is 0 Å². The van der Waals surface area contributed by atoms with Gasteiger partial charge in [0.15, 0.2) is 5.17 Å². The van der Waals surface area contributed by atoms with Crippen LogP contribution in [0.15, 0.2) is 15.6 Å². The van der Waals surface area contributed by atoms with Crippen LogP contribution in [0, 0.1) is 6.92 Å². The fourth-order valence-electron chi connectivity index (χ4n) is 2.54. The number of thioether (sulfide) groups is 1. The molecule has 2 aliphatic rings. The highest BCUT2D eigenvalue weighted by atomic mass is 32.2. The van der Waals surface area contributed by atoms with Crippen molar-refractivity contribution in [3.05, 3.63) is 26.2 Å². The molecule has 1 amide bonds. The Morgan fingerprint density at radius 3 is 2.95 bits per heavy atom. The number of amidine groups is 1. The van der Waals surface area contributed by atoms with Gasteiger partial charge in [0, 0.05) is 17.1 Å². The molecule has 0 atom stereocenters. The number of amides is 1. The SMILES string of the molecule is CCCc1nc(C)c(CNC(=O)C2=C(C)N3CCN=C3S2)s1. The van der Waals surface area contributed by atoms with Crippen LogP contribution in [0.25, 0.3) is 0 Å². The van der Waals surface area contributed by atoms with E-state index in [1.807, 2.05) is 13.8 Å². The number of rotatable bonds is 5. The highest BCUT2D eigenvalue weighted by Gasteiger charge is 2.32. The largest absolute Gasteiger partial charge is 0.347 e. The molecule has 0 unspecified atom stereocenters. The van der Waals surface area contributed by atoms with Gasteiger partial charge in [0.25, 0.3) is 5.91 Å². The smallest absolute Gasteiger partial charge is 0.260 e. The van der Waals surface area contributed by atoms with Crippen LogP contribution in [-0.4, -0.2) is 34.0 Å². The Bertz CT molecular complexity index is 662. The van der Waals surface area contributed by atoms with Crippen LogP contribution < -0.4 is 5.32 Å². The molecule has 22 heavy (non-hydrogen) atoms. The first-order valence-electron chi connectivity index (χ1n) is 7.54. The summed E-state index contributed by atoms with van der Waals surface area (Å²) in [6.07, 6.45) is 2.10. The van der Waals surface area contributed by atoms with Crippen LogP contribution in [0.5, 0.6) is 0 Å². The lowest BCUT2D eigenvalue weighted by Crippen LogP contribution is -2.24. The van der Waals surface area contributed by atoms with Crippen molar-refractivity contribution in [1.29, 1.82) is 0 Å². The van der Waals surface area contributed by atoms with Gasteiger partial charge in [-0.25, -0.2) is 4.98 Å². The average Bonchev–Trinajstić information content (AvgIpc) is 3.15. The number of aryl methyl sites for hydroxylation is 2. The van der Waals surface area contributed by atoms with Crippen LogP contribution >= 0.6 is 23.1 Å². The van der Waals surface area contributed by atoms with Crippen molar-refractivity contribution in [2.45, 2.75) is 40.2 Å². The zero-order chi connectivity index (χ0) is 15.7. The topological polar surface area (TPSA) is 57.6 Å². The number of aromatic nitrogens is 1. The Kier molecular flexibility index (Phi) is 4.54. The number of nitrogens with one attached hydrogen (secondary N) is 1. The molecule has 0 saturated carbocycles. The Labute approximate surface area is 138 Å². The Morgan fingerprint density at radius 2 is 2.23 bits per heavy atom. The molecule has 0 spiro atoms. The summed E-state index contributed by atoms with van der Waals surface area (Å²) in [5, 5.41) is 5.15. The molecule has 7 heteroatoms. The maximum absolute atomic E-state index is 12.4. The van der Waals surface area contributed by atoms with Gasteiger partial charge in [-0.3, -0.25) is 9.79 Å². The standard InChI is InChI=1S/C15H20N4OS2/c1-4-5-12-18-9(2)11(21-12)8-17-14(20)13-10(3)19-7-6-16-15(19)22-13/h4-8H2,1-3H3,(H,17,20). The Morgan fingerprint density at radius 1 is 1.41 bits per heavy atom. The maximum atomic E-state index is 12.4. The van der Waals surface area contributed by atoms with Crippen molar-refractivity contribution in [1.82, 2.24) is 15.2 Å². The van der Waals surface area contributed by atoms with E-state index in [9.17, 15) is 4.79 Å². The predicted octanol–water partition coefficient (Wildman–Crippen LogP) is 2.67. The molecule has 3 rings (SSSR count). The van der Waals surface area contributed by atoms with Crippen molar-refractivity contribution in [3.63, 3.8) is 0 Å². The third-order valence-electron chi connectivity index (χ3n) is 3.74. The molecule has 0 radical (unpaired) electrons. The molecule has 118 valence electrons. The van der Waals surface area contributed by atoms with E-state index in [0.29, 0.717) is 6.54 Å². The fraction of sp³-hybridized carbons (Fsp3) is 0.533. The van der Waals surface area contributed by atoms with E-state index in [1.54, 1.807) is 11.3 Å². The van der Waals surface area contributed by atoms with Crippen LogP contribution in [0.2, 0.25) is 0 Å². The number of hydrogen-bond acceptors (Lipinski definition) is 6. The van der Waals surface area contributed by atoms with E-state index in [0.717, 1.165) is 57.3 Å². The molecule has 0 saturated heterocycles. The first-order valence-corrected chi connectivity index (χ1v) is 9.17. The summed E-state index contributed by atoms with van der Waals surface area (Å²) in [5.74, 6) is -0.00978. The maximum Gasteiger partial charge on any atom is 0.260 e. The monoisotopic (exact) mass is 336 g/mol. The molecule has 5 nitrogen and oxygen atoms in total. The van der Waals surface area contributed by atoms with Crippen LogP contribution in [-0.2, 0) is 17.8 Å². The minimum Gasteiger partial charge on any atom is -0.347 e. The lowest BCUT2D eigenvalue weighted by molar-refractivity contribution is -0.117. The number of hydrogen-bond donors (Lipinski definition) is 1. The van der Waals surface area contributed by atoms with Crippen molar-refractivity contribution in [3.8, 4) is 0 Å². The van der Waals surface area contributed by atoms with E-state index in [-0.39, 0.29) is 5.91 Å². The number of fused-ring (bicyclic) bond motifs is 1. The van der Waals surface area contributed by atoms with Gasteiger partial charge in [-0.05, 0) is 38.5 Å². The number of thiazole rings is 1. The highest BCUT2D eigenvalue weighted by molar-refractivity contribution is 8.18. The minimum absolute atomic E-state index is 0.00978.